The lowest BCUT2D eigenvalue weighted by Gasteiger charge is -2.26. The van der Waals surface area contributed by atoms with Gasteiger partial charge in [-0.1, -0.05) is 6.07 Å². The summed E-state index contributed by atoms with van der Waals surface area (Å²) in [5.74, 6) is 0. The van der Waals surface area contributed by atoms with E-state index < -0.39 is 10.0 Å². The number of sulfonamides is 1. The maximum atomic E-state index is 12.9. The van der Waals surface area contributed by atoms with E-state index in [1.54, 1.807) is 17.8 Å². The number of nitrogen functional groups attached to an aromatic ring is 1. The Balaban J connectivity index is 1.69. The summed E-state index contributed by atoms with van der Waals surface area (Å²) in [6, 6.07) is 7.05. The van der Waals surface area contributed by atoms with Crippen LogP contribution in [-0.4, -0.2) is 23.2 Å². The minimum atomic E-state index is -3.69. The van der Waals surface area contributed by atoms with Gasteiger partial charge in [0.05, 0.1) is 5.69 Å². The number of anilines is 1. The van der Waals surface area contributed by atoms with Gasteiger partial charge in [-0.2, -0.15) is 5.10 Å². The highest BCUT2D eigenvalue weighted by Crippen LogP contribution is 2.32. The Labute approximate surface area is 152 Å². The number of hydrogen-bond donors (Lipinski definition) is 2. The minimum Gasteiger partial charge on any atom is -0.399 e. The predicted molar refractivity (Wildman–Crippen MR) is 100 cm³/mol. The molecule has 4 rings (SSSR count). The number of aromatic nitrogens is 3. The van der Waals surface area contributed by atoms with Crippen molar-refractivity contribution in [1.82, 2.24) is 19.5 Å². The molecule has 0 bridgehead atoms. The molecule has 0 spiro atoms. The van der Waals surface area contributed by atoms with Gasteiger partial charge in [-0.3, -0.25) is 4.68 Å². The van der Waals surface area contributed by atoms with Gasteiger partial charge >= 0.3 is 0 Å². The van der Waals surface area contributed by atoms with Crippen molar-refractivity contribution in [3.05, 3.63) is 47.3 Å². The third kappa shape index (κ3) is 2.85. The third-order valence-corrected chi connectivity index (χ3v) is 6.37. The summed E-state index contributed by atoms with van der Waals surface area (Å²) in [7, 11) is -1.90. The lowest BCUT2D eigenvalue weighted by Crippen LogP contribution is -2.31. The van der Waals surface area contributed by atoms with Crippen molar-refractivity contribution in [3.8, 4) is 0 Å². The van der Waals surface area contributed by atoms with Crippen LogP contribution in [0.3, 0.4) is 0 Å². The number of hydrogen-bond acceptors (Lipinski definition) is 5. The first-order valence-electron chi connectivity index (χ1n) is 8.55. The van der Waals surface area contributed by atoms with Crippen molar-refractivity contribution >= 4 is 26.7 Å². The lowest BCUT2D eigenvalue weighted by atomic mass is 9.88. The molecule has 0 amide bonds. The molecule has 1 aliphatic carbocycles. The molecule has 2 heterocycles. The molecule has 8 heteroatoms. The van der Waals surface area contributed by atoms with Gasteiger partial charge in [-0.25, -0.2) is 18.1 Å². The monoisotopic (exact) mass is 371 g/mol. The van der Waals surface area contributed by atoms with Crippen LogP contribution in [0.25, 0.3) is 11.0 Å². The molecule has 0 saturated carbocycles. The fourth-order valence-corrected chi connectivity index (χ4v) is 4.87. The first kappa shape index (κ1) is 17.0. The van der Waals surface area contributed by atoms with E-state index in [0.717, 1.165) is 41.5 Å². The van der Waals surface area contributed by atoms with Crippen LogP contribution in [0.4, 0.5) is 5.69 Å². The molecule has 1 aliphatic rings. The van der Waals surface area contributed by atoms with Crippen LogP contribution >= 0.6 is 0 Å². The summed E-state index contributed by atoms with van der Waals surface area (Å²) in [5.41, 5.74) is 10.1. The molecule has 26 heavy (non-hydrogen) atoms. The Bertz CT molecular complexity index is 1100. The van der Waals surface area contributed by atoms with Crippen LogP contribution in [0, 0.1) is 6.92 Å². The SMILES string of the molecule is Cc1nn(C)c2ncc(S(=O)(=O)NC3CCCc4cc(N)ccc43)cc12. The number of aryl methyl sites for hydroxylation is 3. The fourth-order valence-electron chi connectivity index (χ4n) is 3.65. The van der Waals surface area contributed by atoms with Gasteiger partial charge < -0.3 is 5.73 Å². The summed E-state index contributed by atoms with van der Waals surface area (Å²) in [4.78, 5) is 4.44. The molecule has 0 saturated heterocycles. The molecule has 0 radical (unpaired) electrons. The average Bonchev–Trinajstić information content (AvgIpc) is 2.88. The highest BCUT2D eigenvalue weighted by Gasteiger charge is 2.26. The van der Waals surface area contributed by atoms with E-state index >= 15 is 0 Å². The number of nitrogens with one attached hydrogen (secondary N) is 1. The molecule has 136 valence electrons. The van der Waals surface area contributed by atoms with Gasteiger partial charge in [0.2, 0.25) is 10.0 Å². The summed E-state index contributed by atoms with van der Waals surface area (Å²) in [5, 5.41) is 5.04. The zero-order valence-electron chi connectivity index (χ0n) is 14.7. The van der Waals surface area contributed by atoms with Gasteiger partial charge in [-0.05, 0) is 55.5 Å². The van der Waals surface area contributed by atoms with Crippen molar-refractivity contribution in [2.45, 2.75) is 37.1 Å². The second-order valence-corrected chi connectivity index (χ2v) is 8.49. The normalized spacial score (nSPS) is 17.4. The van der Waals surface area contributed by atoms with Crippen molar-refractivity contribution < 1.29 is 8.42 Å². The van der Waals surface area contributed by atoms with Crippen molar-refractivity contribution in [2.75, 3.05) is 5.73 Å². The van der Waals surface area contributed by atoms with E-state index in [4.69, 9.17) is 5.73 Å². The van der Waals surface area contributed by atoms with Crippen LogP contribution in [0.1, 0.15) is 35.7 Å². The molecule has 1 unspecified atom stereocenters. The van der Waals surface area contributed by atoms with E-state index in [9.17, 15) is 8.42 Å². The Morgan fingerprint density at radius 1 is 1.31 bits per heavy atom. The topological polar surface area (TPSA) is 103 Å². The molecular weight excluding hydrogens is 350 g/mol. The largest absolute Gasteiger partial charge is 0.399 e. The second kappa shape index (κ2) is 6.07. The molecule has 0 fully saturated rings. The number of pyridine rings is 1. The smallest absolute Gasteiger partial charge is 0.242 e. The van der Waals surface area contributed by atoms with Crippen LogP contribution in [0.15, 0.2) is 35.4 Å². The van der Waals surface area contributed by atoms with Gasteiger partial charge in [0, 0.05) is 30.4 Å². The Morgan fingerprint density at radius 2 is 2.12 bits per heavy atom. The van der Waals surface area contributed by atoms with E-state index in [1.165, 1.54) is 6.20 Å². The van der Waals surface area contributed by atoms with Crippen molar-refractivity contribution in [3.63, 3.8) is 0 Å². The predicted octanol–water partition coefficient (Wildman–Crippen LogP) is 2.21. The number of rotatable bonds is 3. The number of fused-ring (bicyclic) bond motifs is 2. The van der Waals surface area contributed by atoms with Crippen molar-refractivity contribution in [1.29, 1.82) is 0 Å². The Hall–Kier alpha value is -2.45. The number of benzene rings is 1. The molecular formula is C18H21N5O2S. The quantitative estimate of drug-likeness (QED) is 0.687. The van der Waals surface area contributed by atoms with E-state index in [0.29, 0.717) is 11.3 Å². The van der Waals surface area contributed by atoms with Crippen LogP contribution < -0.4 is 10.5 Å². The first-order chi connectivity index (χ1) is 12.3. The van der Waals surface area contributed by atoms with Crippen molar-refractivity contribution in [2.24, 2.45) is 7.05 Å². The highest BCUT2D eigenvalue weighted by molar-refractivity contribution is 7.89. The molecule has 0 aliphatic heterocycles. The van der Waals surface area contributed by atoms with Gasteiger partial charge in [0.1, 0.15) is 4.90 Å². The van der Waals surface area contributed by atoms with Crippen LogP contribution in [0.5, 0.6) is 0 Å². The van der Waals surface area contributed by atoms with E-state index in [1.807, 2.05) is 25.1 Å². The Morgan fingerprint density at radius 3 is 2.92 bits per heavy atom. The number of nitrogens with two attached hydrogens (primary N) is 1. The third-order valence-electron chi connectivity index (χ3n) is 4.93. The van der Waals surface area contributed by atoms with Gasteiger partial charge in [0.25, 0.3) is 0 Å². The average molecular weight is 371 g/mol. The highest BCUT2D eigenvalue weighted by atomic mass is 32.2. The molecule has 2 aromatic heterocycles. The zero-order chi connectivity index (χ0) is 18.5. The van der Waals surface area contributed by atoms with E-state index in [2.05, 4.69) is 14.8 Å². The number of nitrogens with zero attached hydrogens (tertiary/aromatic N) is 3. The Kier molecular flexibility index (Phi) is 3.96. The minimum absolute atomic E-state index is 0.156. The zero-order valence-corrected chi connectivity index (χ0v) is 15.5. The lowest BCUT2D eigenvalue weighted by molar-refractivity contribution is 0.507. The summed E-state index contributed by atoms with van der Waals surface area (Å²) >= 11 is 0. The maximum absolute atomic E-state index is 12.9. The molecule has 1 aromatic carbocycles. The van der Waals surface area contributed by atoms with Gasteiger partial charge in [0.15, 0.2) is 5.65 Å². The van der Waals surface area contributed by atoms with Crippen LogP contribution in [-0.2, 0) is 23.5 Å². The van der Waals surface area contributed by atoms with Crippen LogP contribution in [0.2, 0.25) is 0 Å². The summed E-state index contributed by atoms with van der Waals surface area (Å²) in [6.07, 6.45) is 3.99. The molecule has 3 N–H and O–H groups in total. The second-order valence-electron chi connectivity index (χ2n) is 6.78. The summed E-state index contributed by atoms with van der Waals surface area (Å²) < 4.78 is 30.4. The first-order valence-corrected chi connectivity index (χ1v) is 10.0. The fraction of sp³-hybridized carbons (Fsp3) is 0.333. The molecule has 7 nitrogen and oxygen atoms in total. The molecule has 3 aromatic rings. The van der Waals surface area contributed by atoms with E-state index in [-0.39, 0.29) is 10.9 Å². The van der Waals surface area contributed by atoms with Gasteiger partial charge in [-0.15, -0.1) is 0 Å². The maximum Gasteiger partial charge on any atom is 0.242 e. The molecule has 1 atom stereocenters. The summed E-state index contributed by atoms with van der Waals surface area (Å²) in [6.45, 7) is 1.84. The standard InChI is InChI=1S/C18H21N5O2S/c1-11-16-9-14(10-20-18(16)23(2)21-11)26(24,25)22-17-5-3-4-12-8-13(19)6-7-15(12)17/h6-10,17,22H,3-5,19H2,1-2H3.